The normalized spacial score (nSPS) is 14.4. The second-order valence-corrected chi connectivity index (χ2v) is 9.11. The first-order chi connectivity index (χ1) is 16.1. The molecular formula is C28H18N2O2S. The van der Waals surface area contributed by atoms with Gasteiger partial charge in [-0.05, 0) is 37.3 Å². The first-order valence-corrected chi connectivity index (χ1v) is 11.5. The van der Waals surface area contributed by atoms with Gasteiger partial charge in [-0.1, -0.05) is 66.2 Å². The van der Waals surface area contributed by atoms with Crippen molar-refractivity contribution in [2.75, 3.05) is 0 Å². The van der Waals surface area contributed by atoms with E-state index in [1.165, 1.54) is 0 Å². The number of rotatable bonds is 3. The number of benzene rings is 3. The molecule has 0 amide bonds. The van der Waals surface area contributed by atoms with Crippen LogP contribution in [0.4, 0.5) is 0 Å². The van der Waals surface area contributed by atoms with Gasteiger partial charge in [0, 0.05) is 22.4 Å². The summed E-state index contributed by atoms with van der Waals surface area (Å²) < 4.78 is 3.01. The molecule has 0 bridgehead atoms. The van der Waals surface area contributed by atoms with Crippen LogP contribution in [-0.2, 0) is 0 Å². The third-order valence-corrected chi connectivity index (χ3v) is 6.91. The maximum Gasteiger partial charge on any atom is 0.197 e. The van der Waals surface area contributed by atoms with Gasteiger partial charge in [0.15, 0.2) is 17.2 Å². The molecule has 0 spiro atoms. The molecule has 0 fully saturated rings. The lowest BCUT2D eigenvalue weighted by atomic mass is 10.1. The number of Topliss-reactive ketones (excluding diaryl/α,β-unsaturated/α-hetero) is 2. The molecule has 2 heterocycles. The number of hydrogen-bond donors (Lipinski definition) is 0. The van der Waals surface area contributed by atoms with E-state index in [1.54, 1.807) is 29.5 Å². The van der Waals surface area contributed by atoms with E-state index in [9.17, 15) is 9.59 Å². The summed E-state index contributed by atoms with van der Waals surface area (Å²) in [4.78, 5) is 31.1. The fraction of sp³-hybridized carbons (Fsp3) is 0.0357. The highest BCUT2D eigenvalue weighted by atomic mass is 32.1. The lowest BCUT2D eigenvalue weighted by molar-refractivity contribution is 0.0990. The molecule has 0 N–H and O–H groups in total. The number of hydrogen-bond acceptors (Lipinski definition) is 4. The number of carbonyl (C=O) groups excluding carboxylic acids is 2. The molecule has 0 unspecified atom stereocenters. The number of aromatic nitrogens is 2. The van der Waals surface area contributed by atoms with Gasteiger partial charge < -0.3 is 0 Å². The van der Waals surface area contributed by atoms with Crippen molar-refractivity contribution in [1.82, 2.24) is 9.55 Å². The Labute approximate surface area is 194 Å². The lowest BCUT2D eigenvalue weighted by Gasteiger charge is -2.07. The Morgan fingerprint density at radius 3 is 2.27 bits per heavy atom. The van der Waals surface area contributed by atoms with E-state index in [4.69, 9.17) is 4.98 Å². The fourth-order valence-corrected chi connectivity index (χ4v) is 5.28. The van der Waals surface area contributed by atoms with Gasteiger partial charge in [0.2, 0.25) is 0 Å². The Morgan fingerprint density at radius 2 is 1.52 bits per heavy atom. The highest BCUT2D eigenvalue weighted by molar-refractivity contribution is 7.21. The minimum Gasteiger partial charge on any atom is -0.294 e. The number of allylic oxidation sites excluding steroid dienone is 1. The van der Waals surface area contributed by atoms with E-state index in [1.807, 2.05) is 84.3 Å². The van der Waals surface area contributed by atoms with Gasteiger partial charge in [-0.2, -0.15) is 0 Å². The summed E-state index contributed by atoms with van der Waals surface area (Å²) in [6, 6.07) is 27.4. The van der Waals surface area contributed by atoms with Crippen LogP contribution < -0.4 is 0 Å². The molecule has 33 heavy (non-hydrogen) atoms. The van der Waals surface area contributed by atoms with Crippen molar-refractivity contribution in [2.24, 2.45) is 0 Å². The van der Waals surface area contributed by atoms with Gasteiger partial charge in [-0.3, -0.25) is 14.2 Å². The van der Waals surface area contributed by atoms with E-state index in [2.05, 4.69) is 0 Å². The maximum atomic E-state index is 13.1. The summed E-state index contributed by atoms with van der Waals surface area (Å²) in [5.74, 6) is -0.446. The van der Waals surface area contributed by atoms with E-state index < -0.39 is 0 Å². The second-order valence-electron chi connectivity index (χ2n) is 8.08. The summed E-state index contributed by atoms with van der Waals surface area (Å²) in [5.41, 5.74) is 5.67. The van der Waals surface area contributed by atoms with Crippen molar-refractivity contribution in [1.29, 1.82) is 0 Å². The van der Waals surface area contributed by atoms with Gasteiger partial charge >= 0.3 is 0 Å². The van der Waals surface area contributed by atoms with Gasteiger partial charge in [-0.15, -0.1) is 11.3 Å². The minimum absolute atomic E-state index is 0.196. The van der Waals surface area contributed by atoms with Crippen molar-refractivity contribution in [2.45, 2.75) is 6.92 Å². The maximum absolute atomic E-state index is 13.1. The van der Waals surface area contributed by atoms with Crippen LogP contribution in [0, 0.1) is 6.92 Å². The molecule has 158 valence electrons. The topological polar surface area (TPSA) is 52.0 Å². The van der Waals surface area contributed by atoms with Crippen LogP contribution >= 0.6 is 11.3 Å². The Balaban J connectivity index is 1.54. The molecule has 1 aliphatic carbocycles. The molecule has 4 nitrogen and oxygen atoms in total. The van der Waals surface area contributed by atoms with Gasteiger partial charge in [0.1, 0.15) is 5.01 Å². The van der Waals surface area contributed by atoms with Crippen molar-refractivity contribution in [3.8, 4) is 16.3 Å². The number of aryl methyl sites for hydroxylation is 1. The zero-order valence-corrected chi connectivity index (χ0v) is 18.6. The van der Waals surface area contributed by atoms with Gasteiger partial charge in [0.05, 0.1) is 16.0 Å². The van der Waals surface area contributed by atoms with E-state index in [-0.39, 0.29) is 17.1 Å². The highest BCUT2D eigenvalue weighted by Gasteiger charge is 2.33. The molecule has 2 aromatic heterocycles. The zero-order chi connectivity index (χ0) is 22.5. The third-order valence-electron chi connectivity index (χ3n) is 5.86. The van der Waals surface area contributed by atoms with Crippen LogP contribution in [0.3, 0.4) is 0 Å². The van der Waals surface area contributed by atoms with Crippen molar-refractivity contribution in [3.05, 3.63) is 113 Å². The summed E-state index contributed by atoms with van der Waals surface area (Å²) >= 11 is 1.60. The molecule has 5 aromatic rings. The van der Waals surface area contributed by atoms with Crippen molar-refractivity contribution >= 4 is 39.3 Å². The Bertz CT molecular complexity index is 1590. The molecular weight excluding hydrogens is 428 g/mol. The van der Waals surface area contributed by atoms with Crippen LogP contribution in [0.25, 0.3) is 32.7 Å². The number of para-hydroxylation sites is 1. The van der Waals surface area contributed by atoms with E-state index >= 15 is 0 Å². The van der Waals surface area contributed by atoms with Crippen LogP contribution in [-0.4, -0.2) is 21.1 Å². The van der Waals surface area contributed by atoms with E-state index in [0.717, 1.165) is 37.9 Å². The quantitative estimate of drug-likeness (QED) is 0.234. The molecule has 0 saturated heterocycles. The standard InChI is InChI=1S/C28H18N2O2S/c1-17-12-13-21-22(14-17)26(32)23(25(21)31)15-20-16-24-27(30(20)19-10-6-3-7-11-19)29-28(33-24)18-8-4-2-5-9-18/h2-16H,1H3/b23-15-. The number of ketones is 2. The van der Waals surface area contributed by atoms with Crippen LogP contribution in [0.1, 0.15) is 32.0 Å². The predicted octanol–water partition coefficient (Wildman–Crippen LogP) is 6.53. The van der Waals surface area contributed by atoms with Gasteiger partial charge in [0.25, 0.3) is 0 Å². The monoisotopic (exact) mass is 446 g/mol. The number of fused-ring (bicyclic) bond motifs is 2. The average molecular weight is 447 g/mol. The Hall–Kier alpha value is -4.09. The molecule has 5 heteroatoms. The Kier molecular flexibility index (Phi) is 4.45. The summed E-state index contributed by atoms with van der Waals surface area (Å²) in [7, 11) is 0. The molecule has 0 saturated carbocycles. The van der Waals surface area contributed by atoms with E-state index in [0.29, 0.717) is 11.1 Å². The van der Waals surface area contributed by atoms with Crippen LogP contribution in [0.15, 0.2) is 90.5 Å². The average Bonchev–Trinajstić information content (AvgIpc) is 3.46. The first-order valence-electron chi connectivity index (χ1n) is 10.6. The van der Waals surface area contributed by atoms with Crippen LogP contribution in [0.5, 0.6) is 0 Å². The van der Waals surface area contributed by atoms with Crippen molar-refractivity contribution < 1.29 is 9.59 Å². The summed E-state index contributed by atoms with van der Waals surface area (Å²) in [6.07, 6.45) is 1.71. The second kappa shape index (κ2) is 7.50. The number of nitrogens with zero attached hydrogens (tertiary/aromatic N) is 2. The fourth-order valence-electron chi connectivity index (χ4n) is 4.27. The smallest absolute Gasteiger partial charge is 0.197 e. The van der Waals surface area contributed by atoms with Crippen molar-refractivity contribution in [3.63, 3.8) is 0 Å². The Morgan fingerprint density at radius 1 is 0.818 bits per heavy atom. The van der Waals surface area contributed by atoms with Gasteiger partial charge in [-0.25, -0.2) is 4.98 Å². The highest BCUT2D eigenvalue weighted by Crippen LogP contribution is 2.36. The SMILES string of the molecule is Cc1ccc2c(c1)C(=O)/C(=C\c1cc3sc(-c4ccccc4)nc3n1-c1ccccc1)C2=O. The summed E-state index contributed by atoms with van der Waals surface area (Å²) in [5, 5.41) is 0.931. The predicted molar refractivity (Wildman–Crippen MR) is 132 cm³/mol. The largest absolute Gasteiger partial charge is 0.294 e. The molecule has 0 radical (unpaired) electrons. The molecule has 0 atom stereocenters. The number of thiazole rings is 1. The number of carbonyl (C=O) groups is 2. The van der Waals surface area contributed by atoms with Crippen LogP contribution in [0.2, 0.25) is 0 Å². The minimum atomic E-state index is -0.225. The molecule has 0 aliphatic heterocycles. The lowest BCUT2D eigenvalue weighted by Crippen LogP contribution is -2.03. The molecule has 3 aromatic carbocycles. The third kappa shape index (κ3) is 3.17. The first kappa shape index (κ1) is 19.6. The summed E-state index contributed by atoms with van der Waals surface area (Å²) in [6.45, 7) is 1.92. The molecule has 6 rings (SSSR count). The molecule has 1 aliphatic rings. The zero-order valence-electron chi connectivity index (χ0n) is 17.8.